The number of hydrazine groups is 1. The van der Waals surface area contributed by atoms with Gasteiger partial charge in [0.15, 0.2) is 5.01 Å². The zero-order chi connectivity index (χ0) is 14.9. The number of nitrogens with zero attached hydrogens (tertiary/aromatic N) is 1. The quantitative estimate of drug-likeness (QED) is 0.493. The maximum Gasteiger partial charge on any atom is 0.443 e. The van der Waals surface area contributed by atoms with Gasteiger partial charge in [0.05, 0.1) is 6.04 Å². The molecule has 0 aliphatic rings. The Morgan fingerprint density at radius 2 is 2.05 bits per heavy atom. The normalized spacial score (nSPS) is 13.5. The van der Waals surface area contributed by atoms with Gasteiger partial charge in [-0.25, -0.2) is 14.8 Å². The summed E-state index contributed by atoms with van der Waals surface area (Å²) in [5.74, 6) is 4.77. The molecule has 0 saturated heterocycles. The van der Waals surface area contributed by atoms with Crippen LogP contribution in [0.25, 0.3) is 0 Å². The molecule has 3 nitrogen and oxygen atoms in total. The number of halogens is 5. The van der Waals surface area contributed by atoms with Crippen molar-refractivity contribution < 1.29 is 17.6 Å². The highest BCUT2D eigenvalue weighted by molar-refractivity contribution is 9.10. The van der Waals surface area contributed by atoms with E-state index in [1.165, 1.54) is 12.1 Å². The van der Waals surface area contributed by atoms with Crippen molar-refractivity contribution in [3.8, 4) is 0 Å². The molecule has 1 aromatic carbocycles. The van der Waals surface area contributed by atoms with Crippen LogP contribution in [0.5, 0.6) is 0 Å². The average molecular weight is 370 g/mol. The molecule has 0 radical (unpaired) electrons. The van der Waals surface area contributed by atoms with E-state index in [-0.39, 0.29) is 10.4 Å². The molecule has 3 N–H and O–H groups in total. The van der Waals surface area contributed by atoms with Crippen LogP contribution in [0.3, 0.4) is 0 Å². The lowest BCUT2D eigenvalue weighted by Gasteiger charge is -2.16. The Morgan fingerprint density at radius 3 is 2.55 bits per heavy atom. The van der Waals surface area contributed by atoms with Crippen molar-refractivity contribution in [3.63, 3.8) is 0 Å². The second-order valence-corrected chi connectivity index (χ2v) is 5.72. The van der Waals surface area contributed by atoms with Crippen molar-refractivity contribution in [1.29, 1.82) is 0 Å². The van der Waals surface area contributed by atoms with Gasteiger partial charge in [0, 0.05) is 21.1 Å². The summed E-state index contributed by atoms with van der Waals surface area (Å²) < 4.78 is 51.9. The van der Waals surface area contributed by atoms with Gasteiger partial charge in [0.25, 0.3) is 0 Å². The first-order valence-electron chi connectivity index (χ1n) is 5.27. The second kappa shape index (κ2) is 5.76. The third-order valence-electron chi connectivity index (χ3n) is 2.51. The van der Waals surface area contributed by atoms with Gasteiger partial charge in [0.2, 0.25) is 0 Å². The van der Waals surface area contributed by atoms with Gasteiger partial charge < -0.3 is 0 Å². The fraction of sp³-hybridized carbons (Fsp3) is 0.182. The van der Waals surface area contributed by atoms with Crippen LogP contribution in [0.15, 0.2) is 28.9 Å². The van der Waals surface area contributed by atoms with E-state index in [1.807, 2.05) is 0 Å². The Morgan fingerprint density at radius 1 is 1.35 bits per heavy atom. The number of aromatic nitrogens is 1. The van der Waals surface area contributed by atoms with Gasteiger partial charge in [-0.15, -0.1) is 11.3 Å². The van der Waals surface area contributed by atoms with E-state index in [4.69, 9.17) is 5.84 Å². The van der Waals surface area contributed by atoms with Crippen LogP contribution in [0.4, 0.5) is 17.6 Å². The van der Waals surface area contributed by atoms with Crippen molar-refractivity contribution in [2.75, 3.05) is 0 Å². The van der Waals surface area contributed by atoms with Crippen molar-refractivity contribution in [3.05, 3.63) is 50.1 Å². The van der Waals surface area contributed by atoms with E-state index in [1.54, 1.807) is 6.07 Å². The SMILES string of the molecule is NNC(c1cnc(C(F)(F)F)s1)c1c(F)cccc1Br. The summed E-state index contributed by atoms with van der Waals surface area (Å²) in [5, 5.41) is -1.000. The lowest BCUT2D eigenvalue weighted by molar-refractivity contribution is -0.137. The van der Waals surface area contributed by atoms with Gasteiger partial charge in [-0.1, -0.05) is 22.0 Å². The minimum atomic E-state index is -4.53. The molecule has 0 aliphatic heterocycles. The van der Waals surface area contributed by atoms with Crippen molar-refractivity contribution in [1.82, 2.24) is 10.4 Å². The second-order valence-electron chi connectivity index (χ2n) is 3.80. The maximum absolute atomic E-state index is 13.9. The standard InChI is InChI=1S/C11H8BrF4N3S/c12-5-2-1-3-6(13)8(5)9(19-17)7-4-18-10(20-7)11(14,15)16/h1-4,9,19H,17H2. The van der Waals surface area contributed by atoms with Crippen LogP contribution in [-0.4, -0.2) is 4.98 Å². The third-order valence-corrected chi connectivity index (χ3v) is 4.30. The molecule has 0 spiro atoms. The molecule has 108 valence electrons. The zero-order valence-corrected chi connectivity index (χ0v) is 12.1. The molecule has 1 unspecified atom stereocenters. The Labute approximate surface area is 123 Å². The summed E-state index contributed by atoms with van der Waals surface area (Å²) in [7, 11) is 0. The van der Waals surface area contributed by atoms with Crippen LogP contribution < -0.4 is 11.3 Å². The van der Waals surface area contributed by atoms with Crippen molar-refractivity contribution in [2.24, 2.45) is 5.84 Å². The van der Waals surface area contributed by atoms with Gasteiger partial charge in [-0.05, 0) is 12.1 Å². The molecule has 20 heavy (non-hydrogen) atoms. The summed E-state index contributed by atoms with van der Waals surface area (Å²) >= 11 is 3.58. The van der Waals surface area contributed by atoms with Crippen LogP contribution in [0.1, 0.15) is 21.5 Å². The molecule has 1 heterocycles. The molecule has 1 atom stereocenters. The zero-order valence-electron chi connectivity index (χ0n) is 9.71. The van der Waals surface area contributed by atoms with E-state index in [0.29, 0.717) is 15.8 Å². The smallest absolute Gasteiger partial charge is 0.271 e. The van der Waals surface area contributed by atoms with Gasteiger partial charge >= 0.3 is 6.18 Å². The van der Waals surface area contributed by atoms with E-state index in [0.717, 1.165) is 6.20 Å². The number of alkyl halides is 3. The number of hydrogen-bond acceptors (Lipinski definition) is 4. The van der Waals surface area contributed by atoms with Crippen LogP contribution in [0.2, 0.25) is 0 Å². The fourth-order valence-corrected chi connectivity index (χ4v) is 3.07. The molecule has 9 heteroatoms. The number of rotatable bonds is 3. The van der Waals surface area contributed by atoms with Gasteiger partial charge in [-0.2, -0.15) is 13.2 Å². The Bertz CT molecular complexity index is 594. The molecule has 0 amide bonds. The fourth-order valence-electron chi connectivity index (χ4n) is 1.65. The Balaban J connectivity index is 2.45. The summed E-state index contributed by atoms with van der Waals surface area (Å²) in [6, 6.07) is 3.34. The lowest BCUT2D eigenvalue weighted by Crippen LogP contribution is -2.29. The van der Waals surface area contributed by atoms with Crippen LogP contribution in [0, 0.1) is 5.82 Å². The molecule has 0 fully saturated rings. The summed E-state index contributed by atoms with van der Waals surface area (Å²) in [6.07, 6.45) is -3.49. The minimum Gasteiger partial charge on any atom is -0.271 e. The van der Waals surface area contributed by atoms with E-state index in [2.05, 4.69) is 26.3 Å². The first kappa shape index (κ1) is 15.4. The molecule has 1 aromatic heterocycles. The Kier molecular flexibility index (Phi) is 4.43. The lowest BCUT2D eigenvalue weighted by atomic mass is 10.1. The number of hydrogen-bond donors (Lipinski definition) is 2. The summed E-state index contributed by atoms with van der Waals surface area (Å²) in [5.41, 5.74) is 2.45. The van der Waals surface area contributed by atoms with Crippen LogP contribution >= 0.6 is 27.3 Å². The molecular weight excluding hydrogens is 362 g/mol. The summed E-state index contributed by atoms with van der Waals surface area (Å²) in [4.78, 5) is 3.47. The third kappa shape index (κ3) is 3.00. The molecule has 0 saturated carbocycles. The molecule has 2 rings (SSSR count). The first-order valence-corrected chi connectivity index (χ1v) is 6.88. The average Bonchev–Trinajstić information content (AvgIpc) is 2.83. The Hall–Kier alpha value is -1.03. The monoisotopic (exact) mass is 369 g/mol. The number of nitrogens with one attached hydrogen (secondary N) is 1. The van der Waals surface area contributed by atoms with Crippen molar-refractivity contribution in [2.45, 2.75) is 12.2 Å². The maximum atomic E-state index is 13.9. The van der Waals surface area contributed by atoms with E-state index in [9.17, 15) is 17.6 Å². The number of thiazole rings is 1. The summed E-state index contributed by atoms with van der Waals surface area (Å²) in [6.45, 7) is 0. The molecule has 2 aromatic rings. The van der Waals surface area contributed by atoms with Gasteiger partial charge in [0.1, 0.15) is 5.82 Å². The molecule has 0 bridgehead atoms. The highest BCUT2D eigenvalue weighted by atomic mass is 79.9. The first-order chi connectivity index (χ1) is 9.34. The molecular formula is C11H8BrF4N3S. The van der Waals surface area contributed by atoms with E-state index < -0.39 is 23.0 Å². The number of nitrogens with two attached hydrogens (primary N) is 1. The minimum absolute atomic E-state index is 0.132. The highest BCUT2D eigenvalue weighted by Gasteiger charge is 2.35. The van der Waals surface area contributed by atoms with E-state index >= 15 is 0 Å². The number of benzene rings is 1. The van der Waals surface area contributed by atoms with Crippen molar-refractivity contribution >= 4 is 27.3 Å². The topological polar surface area (TPSA) is 50.9 Å². The molecule has 0 aliphatic carbocycles. The largest absolute Gasteiger partial charge is 0.443 e. The predicted molar refractivity (Wildman–Crippen MR) is 70.4 cm³/mol. The highest BCUT2D eigenvalue weighted by Crippen LogP contribution is 2.37. The van der Waals surface area contributed by atoms with Gasteiger partial charge in [-0.3, -0.25) is 5.84 Å². The predicted octanol–water partition coefficient (Wildman–Crippen LogP) is 3.62. The van der Waals surface area contributed by atoms with Crippen LogP contribution in [-0.2, 0) is 6.18 Å².